The maximum Gasteiger partial charge on any atom is 0.150 e. The normalized spacial score (nSPS) is 13.1. The Balaban J connectivity index is 4.16. The van der Waals surface area contributed by atoms with E-state index in [-0.39, 0.29) is 5.41 Å². The van der Waals surface area contributed by atoms with Crippen molar-refractivity contribution in [3.05, 3.63) is 0 Å². The number of hydrogen-bond acceptors (Lipinski definition) is 2. The van der Waals surface area contributed by atoms with Crippen molar-refractivity contribution in [3.63, 3.8) is 0 Å². The Kier molecular flexibility index (Phi) is 6.90. The average molecular weight is 350 g/mol. The van der Waals surface area contributed by atoms with Gasteiger partial charge in [-0.3, -0.25) is 0 Å². The van der Waals surface area contributed by atoms with Crippen LogP contribution in [0.5, 0.6) is 0 Å². The van der Waals surface area contributed by atoms with E-state index in [2.05, 4.69) is 38.8 Å². The van der Waals surface area contributed by atoms with Gasteiger partial charge in [-0.15, -0.1) is 0 Å². The molecule has 5 heteroatoms. The number of sulfone groups is 1. The van der Waals surface area contributed by atoms with Crippen molar-refractivity contribution in [1.82, 2.24) is 0 Å². The van der Waals surface area contributed by atoms with Crippen molar-refractivity contribution in [1.29, 1.82) is 0 Å². The largest absolute Gasteiger partial charge is 0.229 e. The Bertz CT molecular complexity index is 246. The van der Waals surface area contributed by atoms with Crippen LogP contribution in [0.3, 0.4) is 0 Å². The smallest absolute Gasteiger partial charge is 0.150 e. The summed E-state index contributed by atoms with van der Waals surface area (Å²) in [6.07, 6.45) is 1.42. The molecule has 0 aliphatic rings. The SMILES string of the molecule is CCCS(=O)(=O)CCC(C)(CBr)CBr. The first kappa shape index (κ1) is 14.9. The van der Waals surface area contributed by atoms with Crippen LogP contribution in [0.2, 0.25) is 0 Å². The maximum atomic E-state index is 11.5. The maximum absolute atomic E-state index is 11.5. The third kappa shape index (κ3) is 5.71. The van der Waals surface area contributed by atoms with Gasteiger partial charge in [0.15, 0.2) is 0 Å². The van der Waals surface area contributed by atoms with E-state index in [4.69, 9.17) is 0 Å². The highest BCUT2D eigenvalue weighted by molar-refractivity contribution is 9.09. The van der Waals surface area contributed by atoms with Crippen molar-refractivity contribution < 1.29 is 8.42 Å². The van der Waals surface area contributed by atoms with Gasteiger partial charge in [-0.25, -0.2) is 8.42 Å². The fourth-order valence-electron chi connectivity index (χ4n) is 0.984. The van der Waals surface area contributed by atoms with Crippen LogP contribution in [0, 0.1) is 5.41 Å². The summed E-state index contributed by atoms with van der Waals surface area (Å²) in [5.41, 5.74) is 0.0425. The van der Waals surface area contributed by atoms with Crippen LogP contribution in [-0.4, -0.2) is 30.6 Å². The highest BCUT2D eigenvalue weighted by atomic mass is 79.9. The summed E-state index contributed by atoms with van der Waals surface area (Å²) >= 11 is 6.83. The van der Waals surface area contributed by atoms with Gasteiger partial charge in [-0.1, -0.05) is 45.7 Å². The number of hydrogen-bond donors (Lipinski definition) is 0. The van der Waals surface area contributed by atoms with E-state index < -0.39 is 9.84 Å². The molecule has 0 amide bonds. The van der Waals surface area contributed by atoms with Crippen LogP contribution in [0.15, 0.2) is 0 Å². The minimum absolute atomic E-state index is 0.0425. The minimum Gasteiger partial charge on any atom is -0.229 e. The van der Waals surface area contributed by atoms with Gasteiger partial charge in [0.1, 0.15) is 9.84 Å². The molecule has 0 rings (SSSR count). The van der Waals surface area contributed by atoms with Crippen LogP contribution in [0.4, 0.5) is 0 Å². The lowest BCUT2D eigenvalue weighted by Crippen LogP contribution is -2.25. The van der Waals surface area contributed by atoms with E-state index in [1.54, 1.807) is 0 Å². The van der Waals surface area contributed by atoms with Crippen molar-refractivity contribution in [3.8, 4) is 0 Å². The zero-order chi connectivity index (χ0) is 11.2. The average Bonchev–Trinajstić information content (AvgIpc) is 2.14. The fourth-order valence-corrected chi connectivity index (χ4v) is 4.10. The van der Waals surface area contributed by atoms with Crippen LogP contribution in [0.25, 0.3) is 0 Å². The lowest BCUT2D eigenvalue weighted by atomic mass is 9.93. The molecule has 0 aromatic heterocycles. The molecule has 0 N–H and O–H groups in total. The minimum atomic E-state index is -2.83. The quantitative estimate of drug-likeness (QED) is 0.662. The summed E-state index contributed by atoms with van der Waals surface area (Å²) in [5, 5.41) is 1.65. The molecule has 0 bridgehead atoms. The monoisotopic (exact) mass is 348 g/mol. The molecule has 0 saturated carbocycles. The lowest BCUT2D eigenvalue weighted by molar-refractivity contribution is 0.423. The molecule has 14 heavy (non-hydrogen) atoms. The first-order valence-corrected chi connectivity index (χ1v) is 8.78. The summed E-state index contributed by atoms with van der Waals surface area (Å²) in [5.74, 6) is 0.613. The summed E-state index contributed by atoms with van der Waals surface area (Å²) in [6, 6.07) is 0. The third-order valence-electron chi connectivity index (χ3n) is 2.18. The van der Waals surface area contributed by atoms with Gasteiger partial charge in [0.25, 0.3) is 0 Å². The molecule has 86 valence electrons. The van der Waals surface area contributed by atoms with Crippen LogP contribution < -0.4 is 0 Å². The number of rotatable bonds is 7. The molecule has 0 aromatic rings. The second-order valence-corrected chi connectivity index (χ2v) is 7.40. The molecule has 0 heterocycles. The fraction of sp³-hybridized carbons (Fsp3) is 1.00. The van der Waals surface area contributed by atoms with E-state index in [1.165, 1.54) is 0 Å². The van der Waals surface area contributed by atoms with Crippen LogP contribution in [-0.2, 0) is 9.84 Å². The molecule has 2 nitrogen and oxygen atoms in total. The topological polar surface area (TPSA) is 34.1 Å². The molecule has 0 aliphatic heterocycles. The van der Waals surface area contributed by atoms with E-state index in [0.29, 0.717) is 24.3 Å². The molecule has 0 saturated heterocycles. The first-order valence-electron chi connectivity index (χ1n) is 4.71. The molecule has 0 unspecified atom stereocenters. The number of alkyl halides is 2. The van der Waals surface area contributed by atoms with Crippen LogP contribution in [0.1, 0.15) is 26.7 Å². The Hall–Kier alpha value is 0.910. The van der Waals surface area contributed by atoms with Crippen LogP contribution >= 0.6 is 31.9 Å². The second-order valence-electron chi connectivity index (χ2n) is 3.98. The molecular weight excluding hydrogens is 332 g/mol. The summed E-state index contributed by atoms with van der Waals surface area (Å²) in [6.45, 7) is 3.98. The molecule has 0 aromatic carbocycles. The van der Waals surface area contributed by atoms with Gasteiger partial charge in [-0.05, 0) is 18.3 Å². The lowest BCUT2D eigenvalue weighted by Gasteiger charge is -2.24. The Labute approximate surface area is 104 Å². The van der Waals surface area contributed by atoms with Crippen molar-refractivity contribution in [2.24, 2.45) is 5.41 Å². The zero-order valence-corrected chi connectivity index (χ0v) is 12.7. The van der Waals surface area contributed by atoms with Gasteiger partial charge >= 0.3 is 0 Å². The van der Waals surface area contributed by atoms with Gasteiger partial charge < -0.3 is 0 Å². The third-order valence-corrected chi connectivity index (χ3v) is 6.74. The van der Waals surface area contributed by atoms with Crippen molar-refractivity contribution >= 4 is 41.7 Å². The zero-order valence-electron chi connectivity index (χ0n) is 8.72. The van der Waals surface area contributed by atoms with E-state index in [9.17, 15) is 8.42 Å². The highest BCUT2D eigenvalue weighted by Crippen LogP contribution is 2.27. The molecule has 0 atom stereocenters. The predicted octanol–water partition coefficient (Wildman–Crippen LogP) is 3.00. The van der Waals surface area contributed by atoms with E-state index >= 15 is 0 Å². The van der Waals surface area contributed by atoms with Gasteiger partial charge in [0.2, 0.25) is 0 Å². The highest BCUT2D eigenvalue weighted by Gasteiger charge is 2.24. The van der Waals surface area contributed by atoms with Gasteiger partial charge in [-0.2, -0.15) is 0 Å². The Morgan fingerprint density at radius 2 is 1.64 bits per heavy atom. The molecule has 0 aliphatic carbocycles. The van der Waals surface area contributed by atoms with E-state index in [1.807, 2.05) is 6.92 Å². The summed E-state index contributed by atoms with van der Waals surface area (Å²) < 4.78 is 23.0. The number of halogens is 2. The summed E-state index contributed by atoms with van der Waals surface area (Å²) in [7, 11) is -2.83. The molecule has 0 fully saturated rings. The van der Waals surface area contributed by atoms with E-state index in [0.717, 1.165) is 10.7 Å². The Morgan fingerprint density at radius 3 is 2.00 bits per heavy atom. The molecule has 0 spiro atoms. The summed E-state index contributed by atoms with van der Waals surface area (Å²) in [4.78, 5) is 0. The van der Waals surface area contributed by atoms with Gasteiger partial charge in [0, 0.05) is 16.4 Å². The first-order chi connectivity index (χ1) is 6.39. The standard InChI is InChI=1S/C9H18Br2O2S/c1-3-5-14(12,13)6-4-9(2,7-10)8-11/h3-8H2,1-2H3. The van der Waals surface area contributed by atoms with Crippen molar-refractivity contribution in [2.75, 3.05) is 22.2 Å². The van der Waals surface area contributed by atoms with Gasteiger partial charge in [0.05, 0.1) is 5.75 Å². The predicted molar refractivity (Wildman–Crippen MR) is 69.3 cm³/mol. The molecule has 0 radical (unpaired) electrons. The van der Waals surface area contributed by atoms with Crippen molar-refractivity contribution in [2.45, 2.75) is 26.7 Å². The second kappa shape index (κ2) is 6.48. The molecular formula is C9H18Br2O2S. The Morgan fingerprint density at radius 1 is 1.14 bits per heavy atom.